The van der Waals surface area contributed by atoms with Gasteiger partial charge in [0.2, 0.25) is 5.91 Å². The third kappa shape index (κ3) is 3.71. The minimum Gasteiger partial charge on any atom is -0.484 e. The summed E-state index contributed by atoms with van der Waals surface area (Å²) in [5.74, 6) is -0.984. The molecular formula is C17H19ClN2O5. The number of amides is 2. The molecule has 1 N–H and O–H groups in total. The smallest absolute Gasteiger partial charge is 0.319 e. The van der Waals surface area contributed by atoms with Crippen molar-refractivity contribution in [2.75, 3.05) is 32.8 Å². The van der Waals surface area contributed by atoms with Gasteiger partial charge in [-0.15, -0.1) is 0 Å². The van der Waals surface area contributed by atoms with Crippen LogP contribution in [0.25, 0.3) is 0 Å². The summed E-state index contributed by atoms with van der Waals surface area (Å²) in [6.45, 7) is 1.37. The lowest BCUT2D eigenvalue weighted by atomic mass is 10.1. The van der Waals surface area contributed by atoms with Crippen molar-refractivity contribution in [1.82, 2.24) is 9.80 Å². The van der Waals surface area contributed by atoms with Gasteiger partial charge >= 0.3 is 5.97 Å². The van der Waals surface area contributed by atoms with Crippen molar-refractivity contribution in [3.63, 3.8) is 0 Å². The molecule has 2 fully saturated rings. The number of hydrogen-bond acceptors (Lipinski definition) is 4. The van der Waals surface area contributed by atoms with Gasteiger partial charge in [0.15, 0.2) is 6.61 Å². The maximum absolute atomic E-state index is 12.3. The first-order valence-corrected chi connectivity index (χ1v) is 8.49. The minimum atomic E-state index is -1.22. The fourth-order valence-corrected chi connectivity index (χ4v) is 3.00. The number of halogens is 1. The van der Waals surface area contributed by atoms with Crippen LogP contribution >= 0.6 is 11.6 Å². The van der Waals surface area contributed by atoms with Crippen molar-refractivity contribution in [3.05, 3.63) is 29.3 Å². The summed E-state index contributed by atoms with van der Waals surface area (Å²) < 4.78 is 5.44. The largest absolute Gasteiger partial charge is 0.484 e. The van der Waals surface area contributed by atoms with E-state index in [4.69, 9.17) is 16.3 Å². The molecule has 1 saturated carbocycles. The van der Waals surface area contributed by atoms with Gasteiger partial charge in [0.1, 0.15) is 11.2 Å². The van der Waals surface area contributed by atoms with E-state index < -0.39 is 11.4 Å². The lowest BCUT2D eigenvalue weighted by Crippen LogP contribution is -2.54. The molecule has 0 bridgehead atoms. The van der Waals surface area contributed by atoms with E-state index in [1.54, 1.807) is 34.1 Å². The standard InChI is InChI=1S/C17H19ClN2O5/c18-12-1-3-13(4-2-12)25-11-14(21)19-7-9-20(10-8-19)15(22)17(5-6-17)16(23)24/h1-4H,5-11H2,(H,23,24). The highest BCUT2D eigenvalue weighted by Crippen LogP contribution is 2.47. The predicted octanol–water partition coefficient (Wildman–Crippen LogP) is 1.25. The van der Waals surface area contributed by atoms with Crippen LogP contribution in [0, 0.1) is 5.41 Å². The predicted molar refractivity (Wildman–Crippen MR) is 89.4 cm³/mol. The number of ether oxygens (including phenoxy) is 1. The second kappa shape index (κ2) is 6.92. The summed E-state index contributed by atoms with van der Waals surface area (Å²) in [5, 5.41) is 9.80. The molecule has 2 aliphatic rings. The molecular weight excluding hydrogens is 348 g/mol. The van der Waals surface area contributed by atoms with E-state index in [0.29, 0.717) is 49.8 Å². The first-order chi connectivity index (χ1) is 11.9. The van der Waals surface area contributed by atoms with Gasteiger partial charge in [0.05, 0.1) is 0 Å². The summed E-state index contributed by atoms with van der Waals surface area (Å²) in [7, 11) is 0. The van der Waals surface area contributed by atoms with Crippen molar-refractivity contribution in [2.24, 2.45) is 5.41 Å². The van der Waals surface area contributed by atoms with Gasteiger partial charge < -0.3 is 19.6 Å². The zero-order valence-corrected chi connectivity index (χ0v) is 14.4. The lowest BCUT2D eigenvalue weighted by molar-refractivity contribution is -0.155. The van der Waals surface area contributed by atoms with Gasteiger partial charge in [-0.25, -0.2) is 0 Å². The first-order valence-electron chi connectivity index (χ1n) is 8.11. The molecule has 1 saturated heterocycles. The number of rotatable bonds is 5. The van der Waals surface area contributed by atoms with Crippen LogP contribution < -0.4 is 4.74 Å². The normalized spacial score (nSPS) is 18.6. The molecule has 0 spiro atoms. The highest BCUT2D eigenvalue weighted by molar-refractivity contribution is 6.30. The van der Waals surface area contributed by atoms with E-state index >= 15 is 0 Å². The van der Waals surface area contributed by atoms with Crippen LogP contribution in [0.3, 0.4) is 0 Å². The number of piperazine rings is 1. The molecule has 1 heterocycles. The molecule has 134 valence electrons. The summed E-state index contributed by atoms with van der Waals surface area (Å²) >= 11 is 5.79. The highest BCUT2D eigenvalue weighted by atomic mass is 35.5. The van der Waals surface area contributed by atoms with Crippen LogP contribution in [0.2, 0.25) is 5.02 Å². The Balaban J connectivity index is 1.47. The molecule has 1 aromatic rings. The van der Waals surface area contributed by atoms with Crippen LogP contribution in [0.1, 0.15) is 12.8 Å². The molecule has 1 aromatic carbocycles. The van der Waals surface area contributed by atoms with Gasteiger partial charge in [-0.1, -0.05) is 11.6 Å². The van der Waals surface area contributed by atoms with E-state index in [0.717, 1.165) is 0 Å². The van der Waals surface area contributed by atoms with Crippen LogP contribution in [0.15, 0.2) is 24.3 Å². The number of nitrogens with zero attached hydrogens (tertiary/aromatic N) is 2. The number of carboxylic acids is 1. The molecule has 7 nitrogen and oxygen atoms in total. The quantitative estimate of drug-likeness (QED) is 0.792. The van der Waals surface area contributed by atoms with E-state index in [1.165, 1.54) is 0 Å². The maximum Gasteiger partial charge on any atom is 0.319 e. The van der Waals surface area contributed by atoms with E-state index in [-0.39, 0.29) is 18.4 Å². The van der Waals surface area contributed by atoms with Gasteiger partial charge in [-0.2, -0.15) is 0 Å². The number of carboxylic acid groups (broad SMARTS) is 1. The molecule has 0 radical (unpaired) electrons. The molecule has 1 aliphatic carbocycles. The molecule has 25 heavy (non-hydrogen) atoms. The summed E-state index contributed by atoms with van der Waals surface area (Å²) in [5.41, 5.74) is -1.22. The number of benzene rings is 1. The number of carbonyl (C=O) groups is 3. The topological polar surface area (TPSA) is 87.2 Å². The Bertz CT molecular complexity index is 679. The van der Waals surface area contributed by atoms with Gasteiger partial charge in [0.25, 0.3) is 5.91 Å². The fraction of sp³-hybridized carbons (Fsp3) is 0.471. The Labute approximate surface area is 150 Å². The Morgan fingerprint density at radius 1 is 1.04 bits per heavy atom. The van der Waals surface area contributed by atoms with Gasteiger partial charge in [-0.05, 0) is 37.1 Å². The second-order valence-electron chi connectivity index (χ2n) is 6.30. The summed E-state index contributed by atoms with van der Waals surface area (Å²) in [6, 6.07) is 6.74. The molecule has 0 atom stereocenters. The van der Waals surface area contributed by atoms with Crippen molar-refractivity contribution >= 4 is 29.4 Å². The third-order valence-electron chi connectivity index (χ3n) is 4.66. The van der Waals surface area contributed by atoms with Crippen LogP contribution in [-0.4, -0.2) is 65.5 Å². The highest BCUT2D eigenvalue weighted by Gasteiger charge is 2.58. The lowest BCUT2D eigenvalue weighted by Gasteiger charge is -2.35. The molecule has 3 rings (SSSR count). The zero-order chi connectivity index (χ0) is 18.0. The van der Waals surface area contributed by atoms with E-state index in [9.17, 15) is 19.5 Å². The third-order valence-corrected chi connectivity index (χ3v) is 4.92. The molecule has 2 amide bonds. The zero-order valence-electron chi connectivity index (χ0n) is 13.6. The minimum absolute atomic E-state index is 0.0886. The van der Waals surface area contributed by atoms with E-state index in [2.05, 4.69) is 0 Å². The SMILES string of the molecule is O=C(COc1ccc(Cl)cc1)N1CCN(C(=O)C2(C(=O)O)CC2)CC1. The second-order valence-corrected chi connectivity index (χ2v) is 6.74. The van der Waals surface area contributed by atoms with Crippen molar-refractivity contribution in [2.45, 2.75) is 12.8 Å². The number of carbonyl (C=O) groups excluding carboxylic acids is 2. The average Bonchev–Trinajstić information content (AvgIpc) is 3.42. The molecule has 1 aliphatic heterocycles. The maximum atomic E-state index is 12.3. The van der Waals surface area contributed by atoms with Gasteiger partial charge in [-0.3, -0.25) is 14.4 Å². The molecule has 8 heteroatoms. The van der Waals surface area contributed by atoms with Gasteiger partial charge in [0, 0.05) is 31.2 Å². The van der Waals surface area contributed by atoms with Crippen molar-refractivity contribution in [3.8, 4) is 5.75 Å². The Morgan fingerprint density at radius 2 is 1.60 bits per heavy atom. The first kappa shape index (κ1) is 17.5. The van der Waals surface area contributed by atoms with Crippen LogP contribution in [0.5, 0.6) is 5.75 Å². The van der Waals surface area contributed by atoms with Crippen LogP contribution in [-0.2, 0) is 14.4 Å². The van der Waals surface area contributed by atoms with Crippen molar-refractivity contribution < 1.29 is 24.2 Å². The Kier molecular flexibility index (Phi) is 4.85. The van der Waals surface area contributed by atoms with Crippen molar-refractivity contribution in [1.29, 1.82) is 0 Å². The van der Waals surface area contributed by atoms with E-state index in [1.807, 2.05) is 0 Å². The number of aliphatic carboxylic acids is 1. The summed E-state index contributed by atoms with van der Waals surface area (Å²) in [6.07, 6.45) is 0.796. The van der Waals surface area contributed by atoms with Crippen LogP contribution in [0.4, 0.5) is 0 Å². The Morgan fingerprint density at radius 3 is 2.12 bits per heavy atom. The average molecular weight is 367 g/mol. The Hall–Kier alpha value is -2.28. The molecule has 0 unspecified atom stereocenters. The molecule has 0 aromatic heterocycles. The monoisotopic (exact) mass is 366 g/mol. The summed E-state index contributed by atoms with van der Waals surface area (Å²) in [4.78, 5) is 39.0. The fourth-order valence-electron chi connectivity index (χ4n) is 2.87. The number of hydrogen-bond donors (Lipinski definition) is 1.